The van der Waals surface area contributed by atoms with Crippen LogP contribution in [0.5, 0.6) is 5.75 Å². The number of benzene rings is 2. The largest absolute Gasteiger partial charge is 0.484 e. The molecule has 7 nitrogen and oxygen atoms in total. The van der Waals surface area contributed by atoms with E-state index in [2.05, 4.69) is 20.6 Å². The number of hydrogen-bond acceptors (Lipinski definition) is 6. The molecule has 0 atom stereocenters. The molecule has 0 spiro atoms. The van der Waals surface area contributed by atoms with Crippen molar-refractivity contribution in [2.75, 3.05) is 11.9 Å². The zero-order valence-electron chi connectivity index (χ0n) is 14.8. The molecule has 0 aliphatic rings. The Kier molecular flexibility index (Phi) is 4.55. The lowest BCUT2D eigenvalue weighted by Gasteiger charge is -2.05. The van der Waals surface area contributed by atoms with Crippen molar-refractivity contribution < 1.29 is 9.53 Å². The molecule has 0 saturated carbocycles. The minimum atomic E-state index is -0.280. The van der Waals surface area contributed by atoms with E-state index in [4.69, 9.17) is 4.74 Å². The number of amides is 1. The van der Waals surface area contributed by atoms with Gasteiger partial charge in [-0.1, -0.05) is 52.8 Å². The molecule has 2 heterocycles. The number of nitrogens with zero attached hydrogens (tertiary/aromatic N) is 4. The van der Waals surface area contributed by atoms with Crippen LogP contribution in [0.3, 0.4) is 0 Å². The van der Waals surface area contributed by atoms with Gasteiger partial charge in [-0.25, -0.2) is 0 Å². The predicted molar refractivity (Wildman–Crippen MR) is 104 cm³/mol. The van der Waals surface area contributed by atoms with Crippen LogP contribution in [0, 0.1) is 13.8 Å². The summed E-state index contributed by atoms with van der Waals surface area (Å²) in [5.74, 6) is 1.01. The van der Waals surface area contributed by atoms with E-state index >= 15 is 0 Å². The third-order valence-electron chi connectivity index (χ3n) is 3.90. The fraction of sp³-hybridized carbons (Fsp3) is 0.158. The summed E-state index contributed by atoms with van der Waals surface area (Å²) in [7, 11) is 0. The summed E-state index contributed by atoms with van der Waals surface area (Å²) in [5.41, 5.74) is 3.19. The highest BCUT2D eigenvalue weighted by Gasteiger charge is 2.15. The second kappa shape index (κ2) is 7.16. The quantitative estimate of drug-likeness (QED) is 0.574. The minimum absolute atomic E-state index is 0.0893. The molecule has 0 fully saturated rings. The zero-order valence-corrected chi connectivity index (χ0v) is 15.7. The van der Waals surface area contributed by atoms with E-state index < -0.39 is 0 Å². The monoisotopic (exact) mass is 379 g/mol. The molecule has 0 aliphatic heterocycles. The Bertz CT molecular complexity index is 1100. The average Bonchev–Trinajstić information content (AvgIpc) is 3.21. The summed E-state index contributed by atoms with van der Waals surface area (Å²) in [4.78, 5) is 12.7. The lowest BCUT2D eigenvalue weighted by molar-refractivity contribution is -0.118. The molecular weight excluding hydrogens is 362 g/mol. The van der Waals surface area contributed by atoms with E-state index in [1.54, 1.807) is 4.52 Å². The average molecular weight is 379 g/mol. The van der Waals surface area contributed by atoms with E-state index in [-0.39, 0.29) is 12.5 Å². The summed E-state index contributed by atoms with van der Waals surface area (Å²) in [6, 6.07) is 15.5. The third kappa shape index (κ3) is 3.80. The first-order valence-corrected chi connectivity index (χ1v) is 9.19. The first-order valence-electron chi connectivity index (χ1n) is 8.37. The summed E-state index contributed by atoms with van der Waals surface area (Å²) in [5, 5.41) is 15.9. The number of aryl methyl sites for hydroxylation is 2. The highest BCUT2D eigenvalue weighted by molar-refractivity contribution is 7.20. The lowest BCUT2D eigenvalue weighted by Crippen LogP contribution is -2.20. The number of aromatic nitrogens is 4. The normalized spacial score (nSPS) is 10.9. The first kappa shape index (κ1) is 17.2. The number of hydrogen-bond donors (Lipinski definition) is 1. The molecule has 8 heteroatoms. The van der Waals surface area contributed by atoms with Crippen LogP contribution in [-0.2, 0) is 4.79 Å². The lowest BCUT2D eigenvalue weighted by atomic mass is 10.1. The SMILES string of the molecule is Cc1ccc(OCC(=O)Nc2nn3c(-c4cccc(C)c4)nnc3s2)cc1. The second-order valence-electron chi connectivity index (χ2n) is 6.14. The Balaban J connectivity index is 1.46. The van der Waals surface area contributed by atoms with E-state index in [0.29, 0.717) is 21.7 Å². The number of fused-ring (bicyclic) bond motifs is 1. The third-order valence-corrected chi connectivity index (χ3v) is 4.72. The van der Waals surface area contributed by atoms with Gasteiger partial charge >= 0.3 is 0 Å². The molecular formula is C19H17N5O2S. The molecule has 0 aliphatic carbocycles. The molecule has 2 aromatic carbocycles. The van der Waals surface area contributed by atoms with Gasteiger partial charge in [0.15, 0.2) is 12.4 Å². The Labute approximate surface area is 159 Å². The Hall–Kier alpha value is -3.26. The van der Waals surface area contributed by atoms with Gasteiger partial charge in [0.1, 0.15) is 5.75 Å². The number of rotatable bonds is 5. The highest BCUT2D eigenvalue weighted by atomic mass is 32.1. The van der Waals surface area contributed by atoms with Gasteiger partial charge in [0.25, 0.3) is 5.91 Å². The van der Waals surface area contributed by atoms with Crippen LogP contribution in [0.1, 0.15) is 11.1 Å². The Morgan fingerprint density at radius 3 is 2.70 bits per heavy atom. The molecule has 4 rings (SSSR count). The maximum absolute atomic E-state index is 12.1. The standard InChI is InChI=1S/C19H17N5O2S/c1-12-6-8-15(9-7-12)26-11-16(25)20-18-23-24-17(21-22-19(24)27-18)14-5-3-4-13(2)10-14/h3-10H,11H2,1-2H3,(H,20,23,25). The van der Waals surface area contributed by atoms with Crippen LogP contribution in [-0.4, -0.2) is 32.3 Å². The van der Waals surface area contributed by atoms with Crippen molar-refractivity contribution >= 4 is 27.3 Å². The van der Waals surface area contributed by atoms with Crippen LogP contribution >= 0.6 is 11.3 Å². The maximum Gasteiger partial charge on any atom is 0.264 e. The van der Waals surface area contributed by atoms with Gasteiger partial charge in [0.2, 0.25) is 10.1 Å². The number of carbonyl (C=O) groups is 1. The summed E-state index contributed by atoms with van der Waals surface area (Å²) < 4.78 is 7.12. The molecule has 0 unspecified atom stereocenters. The molecule has 0 saturated heterocycles. The van der Waals surface area contributed by atoms with E-state index in [0.717, 1.165) is 16.7 Å². The summed E-state index contributed by atoms with van der Waals surface area (Å²) in [6.07, 6.45) is 0. The first-order chi connectivity index (χ1) is 13.1. The molecule has 1 amide bonds. The van der Waals surface area contributed by atoms with Crippen molar-refractivity contribution in [2.45, 2.75) is 13.8 Å². The van der Waals surface area contributed by atoms with Gasteiger partial charge in [-0.3, -0.25) is 10.1 Å². The zero-order chi connectivity index (χ0) is 18.8. The van der Waals surface area contributed by atoms with Crippen molar-refractivity contribution in [3.8, 4) is 17.1 Å². The molecule has 1 N–H and O–H groups in total. The van der Waals surface area contributed by atoms with Gasteiger partial charge in [-0.2, -0.15) is 4.52 Å². The van der Waals surface area contributed by atoms with E-state index in [1.165, 1.54) is 11.3 Å². The van der Waals surface area contributed by atoms with Crippen molar-refractivity contribution in [1.29, 1.82) is 0 Å². The summed E-state index contributed by atoms with van der Waals surface area (Å²) in [6.45, 7) is 3.92. The molecule has 0 bridgehead atoms. The predicted octanol–water partition coefficient (Wildman–Crippen LogP) is 3.49. The van der Waals surface area contributed by atoms with Crippen LogP contribution < -0.4 is 10.1 Å². The fourth-order valence-corrected chi connectivity index (χ4v) is 3.33. The molecule has 136 valence electrons. The van der Waals surface area contributed by atoms with Gasteiger partial charge in [-0.15, -0.1) is 15.3 Å². The molecule has 2 aromatic heterocycles. The van der Waals surface area contributed by atoms with Gasteiger partial charge in [0.05, 0.1) is 0 Å². The molecule has 27 heavy (non-hydrogen) atoms. The van der Waals surface area contributed by atoms with Crippen molar-refractivity contribution in [3.63, 3.8) is 0 Å². The van der Waals surface area contributed by atoms with Crippen molar-refractivity contribution in [3.05, 3.63) is 59.7 Å². The molecule has 0 radical (unpaired) electrons. The van der Waals surface area contributed by atoms with E-state index in [1.807, 2.05) is 62.4 Å². The number of anilines is 1. The summed E-state index contributed by atoms with van der Waals surface area (Å²) >= 11 is 1.26. The number of nitrogens with one attached hydrogen (secondary N) is 1. The van der Waals surface area contributed by atoms with Gasteiger partial charge in [-0.05, 0) is 32.0 Å². The molecule has 4 aromatic rings. The second-order valence-corrected chi connectivity index (χ2v) is 7.10. The van der Waals surface area contributed by atoms with Gasteiger partial charge in [0, 0.05) is 5.56 Å². The fourth-order valence-electron chi connectivity index (χ4n) is 2.57. The maximum atomic E-state index is 12.1. The minimum Gasteiger partial charge on any atom is -0.484 e. The van der Waals surface area contributed by atoms with Crippen LogP contribution in [0.25, 0.3) is 16.3 Å². The number of ether oxygens (including phenoxy) is 1. The van der Waals surface area contributed by atoms with Crippen LogP contribution in [0.15, 0.2) is 48.5 Å². The van der Waals surface area contributed by atoms with E-state index in [9.17, 15) is 4.79 Å². The highest BCUT2D eigenvalue weighted by Crippen LogP contribution is 2.24. The van der Waals surface area contributed by atoms with Crippen molar-refractivity contribution in [1.82, 2.24) is 19.8 Å². The topological polar surface area (TPSA) is 81.4 Å². The number of carbonyl (C=O) groups excluding carboxylic acids is 1. The van der Waals surface area contributed by atoms with Crippen molar-refractivity contribution in [2.24, 2.45) is 0 Å². The Morgan fingerprint density at radius 2 is 1.93 bits per heavy atom. The smallest absolute Gasteiger partial charge is 0.264 e. The van der Waals surface area contributed by atoms with Crippen LogP contribution in [0.4, 0.5) is 5.13 Å². The van der Waals surface area contributed by atoms with Crippen LogP contribution in [0.2, 0.25) is 0 Å². The van der Waals surface area contributed by atoms with Gasteiger partial charge < -0.3 is 4.74 Å². The Morgan fingerprint density at radius 1 is 1.11 bits per heavy atom.